The molecule has 2 aromatic rings. The Kier molecular flexibility index (Phi) is 4.91. The van der Waals surface area contributed by atoms with E-state index in [0.29, 0.717) is 32.1 Å². The lowest BCUT2D eigenvalue weighted by Crippen LogP contribution is -2.48. The van der Waals surface area contributed by atoms with Crippen LogP contribution in [-0.2, 0) is 10.0 Å². The molecule has 0 radical (unpaired) electrons. The zero-order valence-corrected chi connectivity index (χ0v) is 15.5. The second-order valence-corrected chi connectivity index (χ2v) is 8.32. The van der Waals surface area contributed by atoms with Gasteiger partial charge in [-0.25, -0.2) is 13.4 Å². The molecule has 134 valence electrons. The van der Waals surface area contributed by atoms with E-state index in [-0.39, 0.29) is 0 Å². The summed E-state index contributed by atoms with van der Waals surface area (Å²) in [7, 11) is -3.14. The molecule has 1 aromatic carbocycles. The molecule has 0 aliphatic carbocycles. The number of benzene rings is 1. The second kappa shape index (κ2) is 6.97. The van der Waals surface area contributed by atoms with E-state index in [0.717, 1.165) is 17.2 Å². The van der Waals surface area contributed by atoms with E-state index in [2.05, 4.69) is 15.3 Å². The summed E-state index contributed by atoms with van der Waals surface area (Å²) in [4.78, 5) is 11.1. The minimum Gasteiger partial charge on any atom is -0.340 e. The van der Waals surface area contributed by atoms with Crippen molar-refractivity contribution in [3.05, 3.63) is 41.6 Å². The van der Waals surface area contributed by atoms with Crippen LogP contribution in [0.3, 0.4) is 0 Å². The fraction of sp³-hybridized carbons (Fsp3) is 0.412. The average molecular weight is 361 g/mol. The molecule has 1 fully saturated rings. The third kappa shape index (κ3) is 4.46. The van der Waals surface area contributed by atoms with Gasteiger partial charge in [-0.2, -0.15) is 9.29 Å². The first kappa shape index (κ1) is 17.6. The lowest BCUT2D eigenvalue weighted by Gasteiger charge is -2.33. The Balaban J connectivity index is 1.75. The van der Waals surface area contributed by atoms with Crippen LogP contribution in [0, 0.1) is 13.8 Å². The van der Waals surface area contributed by atoms with Gasteiger partial charge in [-0.15, -0.1) is 0 Å². The van der Waals surface area contributed by atoms with Crippen molar-refractivity contribution in [3.8, 4) is 0 Å². The van der Waals surface area contributed by atoms with Gasteiger partial charge in [0.2, 0.25) is 16.0 Å². The SMILES string of the molecule is Cc1ccc(Nc2cc(C)nc(N3CCN(S(C)(=O)=O)CC3)n2)cc1. The molecule has 3 rings (SSSR count). The van der Waals surface area contributed by atoms with Crippen LogP contribution in [0.4, 0.5) is 17.5 Å². The van der Waals surface area contributed by atoms with Gasteiger partial charge in [-0.3, -0.25) is 0 Å². The molecule has 0 saturated carbocycles. The smallest absolute Gasteiger partial charge is 0.227 e. The molecule has 7 nitrogen and oxygen atoms in total. The maximum atomic E-state index is 11.6. The summed E-state index contributed by atoms with van der Waals surface area (Å²) in [5.74, 6) is 1.36. The summed E-state index contributed by atoms with van der Waals surface area (Å²) in [6.07, 6.45) is 1.25. The van der Waals surface area contributed by atoms with Gasteiger partial charge in [-0.1, -0.05) is 17.7 Å². The quantitative estimate of drug-likeness (QED) is 0.896. The van der Waals surface area contributed by atoms with Crippen molar-refractivity contribution in [1.29, 1.82) is 0 Å². The molecule has 1 N–H and O–H groups in total. The predicted molar refractivity (Wildman–Crippen MR) is 99.9 cm³/mol. The van der Waals surface area contributed by atoms with Crippen molar-refractivity contribution < 1.29 is 8.42 Å². The Morgan fingerprint density at radius 2 is 1.64 bits per heavy atom. The van der Waals surface area contributed by atoms with Gasteiger partial charge >= 0.3 is 0 Å². The summed E-state index contributed by atoms with van der Waals surface area (Å²) >= 11 is 0. The van der Waals surface area contributed by atoms with Gasteiger partial charge < -0.3 is 10.2 Å². The van der Waals surface area contributed by atoms with Crippen molar-refractivity contribution in [3.63, 3.8) is 0 Å². The number of aryl methyl sites for hydroxylation is 2. The maximum absolute atomic E-state index is 11.6. The zero-order chi connectivity index (χ0) is 18.0. The molecule has 0 unspecified atom stereocenters. The van der Waals surface area contributed by atoms with Crippen LogP contribution >= 0.6 is 0 Å². The summed E-state index contributed by atoms with van der Waals surface area (Å²) in [6, 6.07) is 10.0. The molecule has 0 bridgehead atoms. The average Bonchev–Trinajstić information content (AvgIpc) is 2.56. The Morgan fingerprint density at radius 1 is 1.00 bits per heavy atom. The van der Waals surface area contributed by atoms with Crippen LogP contribution < -0.4 is 10.2 Å². The molecular weight excluding hydrogens is 338 g/mol. The van der Waals surface area contributed by atoms with E-state index in [1.807, 2.05) is 49.1 Å². The van der Waals surface area contributed by atoms with Crippen LogP contribution in [-0.4, -0.2) is 55.1 Å². The third-order valence-corrected chi connectivity index (χ3v) is 5.46. The van der Waals surface area contributed by atoms with Crippen LogP contribution in [0.1, 0.15) is 11.3 Å². The minimum absolute atomic E-state index is 0.455. The van der Waals surface area contributed by atoms with E-state index < -0.39 is 10.0 Å². The van der Waals surface area contributed by atoms with Crippen LogP contribution in [0.2, 0.25) is 0 Å². The molecule has 1 aliphatic heterocycles. The highest BCUT2D eigenvalue weighted by molar-refractivity contribution is 7.88. The summed E-state index contributed by atoms with van der Waals surface area (Å²) in [5, 5.41) is 3.30. The molecule has 1 aromatic heterocycles. The van der Waals surface area contributed by atoms with E-state index >= 15 is 0 Å². The lowest BCUT2D eigenvalue weighted by molar-refractivity contribution is 0.385. The molecule has 2 heterocycles. The first-order valence-corrected chi connectivity index (χ1v) is 10.1. The number of rotatable bonds is 4. The first-order chi connectivity index (χ1) is 11.8. The summed E-state index contributed by atoms with van der Waals surface area (Å²) in [6.45, 7) is 6.06. The molecule has 0 atom stereocenters. The maximum Gasteiger partial charge on any atom is 0.227 e. The standard InChI is InChI=1S/C17H23N5O2S/c1-13-4-6-15(7-5-13)19-16-12-14(2)18-17(20-16)21-8-10-22(11-9-21)25(3,23)24/h4-7,12H,8-11H2,1-3H3,(H,18,19,20). The Labute approximate surface area is 148 Å². The number of anilines is 3. The van der Waals surface area contributed by atoms with Crippen LogP contribution in [0.5, 0.6) is 0 Å². The van der Waals surface area contributed by atoms with Gasteiger partial charge in [0.25, 0.3) is 0 Å². The van der Waals surface area contributed by atoms with Gasteiger partial charge in [-0.05, 0) is 26.0 Å². The van der Waals surface area contributed by atoms with Gasteiger partial charge in [0.1, 0.15) is 5.82 Å². The minimum atomic E-state index is -3.14. The number of aromatic nitrogens is 2. The van der Waals surface area contributed by atoms with Crippen LogP contribution in [0.25, 0.3) is 0 Å². The Hall–Kier alpha value is -2.19. The highest BCUT2D eigenvalue weighted by Gasteiger charge is 2.24. The van der Waals surface area contributed by atoms with Gasteiger partial charge in [0.15, 0.2) is 0 Å². The fourth-order valence-corrected chi connectivity index (χ4v) is 3.59. The Bertz CT molecular complexity index is 844. The lowest BCUT2D eigenvalue weighted by atomic mass is 10.2. The summed E-state index contributed by atoms with van der Waals surface area (Å²) < 4.78 is 24.8. The summed E-state index contributed by atoms with van der Waals surface area (Å²) in [5.41, 5.74) is 3.04. The van der Waals surface area contributed by atoms with E-state index in [1.165, 1.54) is 16.1 Å². The molecule has 25 heavy (non-hydrogen) atoms. The number of hydrogen-bond acceptors (Lipinski definition) is 6. The van der Waals surface area contributed by atoms with Crippen molar-refractivity contribution >= 4 is 27.5 Å². The normalized spacial score (nSPS) is 16.0. The molecule has 8 heteroatoms. The highest BCUT2D eigenvalue weighted by atomic mass is 32.2. The molecule has 1 aliphatic rings. The number of nitrogens with one attached hydrogen (secondary N) is 1. The monoisotopic (exact) mass is 361 g/mol. The zero-order valence-electron chi connectivity index (χ0n) is 14.7. The fourth-order valence-electron chi connectivity index (χ4n) is 2.76. The molecule has 0 spiro atoms. The highest BCUT2D eigenvalue weighted by Crippen LogP contribution is 2.20. The largest absolute Gasteiger partial charge is 0.340 e. The third-order valence-electron chi connectivity index (χ3n) is 4.16. The van der Waals surface area contributed by atoms with Crippen molar-refractivity contribution in [1.82, 2.24) is 14.3 Å². The number of hydrogen-bond donors (Lipinski definition) is 1. The van der Waals surface area contributed by atoms with Gasteiger partial charge in [0, 0.05) is 43.6 Å². The molecule has 1 saturated heterocycles. The molecule has 0 amide bonds. The van der Waals surface area contributed by atoms with E-state index in [4.69, 9.17) is 0 Å². The van der Waals surface area contributed by atoms with Crippen molar-refractivity contribution in [2.24, 2.45) is 0 Å². The van der Waals surface area contributed by atoms with Gasteiger partial charge in [0.05, 0.1) is 6.26 Å². The number of sulfonamides is 1. The van der Waals surface area contributed by atoms with E-state index in [1.54, 1.807) is 0 Å². The van der Waals surface area contributed by atoms with Crippen LogP contribution in [0.15, 0.2) is 30.3 Å². The second-order valence-electron chi connectivity index (χ2n) is 6.33. The Morgan fingerprint density at radius 3 is 2.24 bits per heavy atom. The van der Waals surface area contributed by atoms with Crippen molar-refractivity contribution in [2.45, 2.75) is 13.8 Å². The first-order valence-electron chi connectivity index (χ1n) is 8.21. The predicted octanol–water partition coefficient (Wildman–Crippen LogP) is 1.92. The topological polar surface area (TPSA) is 78.4 Å². The number of piperazine rings is 1. The molecular formula is C17H23N5O2S. The van der Waals surface area contributed by atoms with E-state index in [9.17, 15) is 8.42 Å². The van der Waals surface area contributed by atoms with Crippen molar-refractivity contribution in [2.75, 3.05) is 42.7 Å². The number of nitrogens with zero attached hydrogens (tertiary/aromatic N) is 4.